The average molecular weight is 330 g/mol. The number of carbonyl (C=O) groups is 1. The molecule has 0 N–H and O–H groups in total. The van der Waals surface area contributed by atoms with Gasteiger partial charge < -0.3 is 14.4 Å². The summed E-state index contributed by atoms with van der Waals surface area (Å²) in [6.07, 6.45) is 2.45. The van der Waals surface area contributed by atoms with E-state index in [1.807, 2.05) is 35.2 Å². The molecule has 1 aromatic heterocycles. The number of nitrogens with zero attached hydrogens (tertiary/aromatic N) is 4. The number of methoxy groups -OCH3 is 2. The maximum absolute atomic E-state index is 12.6. The van der Waals surface area contributed by atoms with E-state index in [0.29, 0.717) is 19.0 Å². The van der Waals surface area contributed by atoms with Gasteiger partial charge in [-0.15, -0.1) is 0 Å². The molecule has 1 amide bonds. The molecule has 0 spiro atoms. The number of carbonyl (C=O) groups excluding carboxylic acids is 1. The molecule has 128 valence electrons. The summed E-state index contributed by atoms with van der Waals surface area (Å²) in [6.45, 7) is 1.26. The molecule has 7 nitrogen and oxygen atoms in total. The van der Waals surface area contributed by atoms with Crippen LogP contribution >= 0.6 is 0 Å². The van der Waals surface area contributed by atoms with Crippen molar-refractivity contribution in [3.05, 3.63) is 36.7 Å². The lowest BCUT2D eigenvalue weighted by molar-refractivity contribution is -0.134. The van der Waals surface area contributed by atoms with E-state index in [-0.39, 0.29) is 24.6 Å². The van der Waals surface area contributed by atoms with Crippen molar-refractivity contribution < 1.29 is 14.3 Å². The largest absolute Gasteiger partial charge is 0.383 e. The van der Waals surface area contributed by atoms with Gasteiger partial charge in [0.05, 0.1) is 18.8 Å². The van der Waals surface area contributed by atoms with E-state index in [1.54, 1.807) is 25.2 Å². The van der Waals surface area contributed by atoms with Crippen LogP contribution in [0.25, 0.3) is 11.4 Å². The van der Waals surface area contributed by atoms with Crippen molar-refractivity contribution in [2.75, 3.05) is 27.4 Å². The van der Waals surface area contributed by atoms with Crippen molar-refractivity contribution in [2.24, 2.45) is 0 Å². The average Bonchev–Trinajstić information content (AvgIpc) is 3.23. The predicted octanol–water partition coefficient (Wildman–Crippen LogP) is 1.21. The van der Waals surface area contributed by atoms with Gasteiger partial charge in [-0.2, -0.15) is 5.10 Å². The van der Waals surface area contributed by atoms with Gasteiger partial charge in [0.25, 0.3) is 0 Å². The lowest BCUT2D eigenvalue weighted by Gasteiger charge is -2.23. The molecule has 24 heavy (non-hydrogen) atoms. The third kappa shape index (κ3) is 3.63. The van der Waals surface area contributed by atoms with Crippen molar-refractivity contribution in [1.29, 1.82) is 0 Å². The van der Waals surface area contributed by atoms with E-state index < -0.39 is 0 Å². The van der Waals surface area contributed by atoms with Crippen LogP contribution < -0.4 is 0 Å². The molecular weight excluding hydrogens is 308 g/mol. The Labute approximate surface area is 141 Å². The van der Waals surface area contributed by atoms with Crippen LogP contribution in [0, 0.1) is 0 Å². The zero-order valence-electron chi connectivity index (χ0n) is 14.0. The molecule has 1 aliphatic heterocycles. The molecule has 1 aliphatic rings. The van der Waals surface area contributed by atoms with Gasteiger partial charge in [0.2, 0.25) is 5.91 Å². The van der Waals surface area contributed by atoms with Crippen LogP contribution in [-0.2, 0) is 20.8 Å². The SMILES string of the molecule is COC[C@@H]1C[C@@H](OC)CN1C(=O)Cn1cnc(-c2ccccc2)n1. The van der Waals surface area contributed by atoms with E-state index in [4.69, 9.17) is 9.47 Å². The highest BCUT2D eigenvalue weighted by Crippen LogP contribution is 2.21. The monoisotopic (exact) mass is 330 g/mol. The Hall–Kier alpha value is -2.25. The molecule has 3 rings (SSSR count). The molecule has 0 unspecified atom stereocenters. The zero-order valence-corrected chi connectivity index (χ0v) is 14.0. The van der Waals surface area contributed by atoms with Gasteiger partial charge in [0, 0.05) is 26.3 Å². The fourth-order valence-electron chi connectivity index (χ4n) is 3.02. The quantitative estimate of drug-likeness (QED) is 0.796. The highest BCUT2D eigenvalue weighted by Gasteiger charge is 2.35. The summed E-state index contributed by atoms with van der Waals surface area (Å²) in [6, 6.07) is 9.75. The number of amides is 1. The van der Waals surface area contributed by atoms with Crippen molar-refractivity contribution in [1.82, 2.24) is 19.7 Å². The maximum Gasteiger partial charge on any atom is 0.244 e. The summed E-state index contributed by atoms with van der Waals surface area (Å²) in [5, 5.41) is 4.40. The Kier molecular flexibility index (Phi) is 5.22. The number of hydrogen-bond acceptors (Lipinski definition) is 5. The minimum Gasteiger partial charge on any atom is -0.383 e. The molecule has 2 aromatic rings. The maximum atomic E-state index is 12.6. The van der Waals surface area contributed by atoms with Crippen LogP contribution in [-0.4, -0.2) is 65.1 Å². The Morgan fingerprint density at radius 3 is 2.79 bits per heavy atom. The van der Waals surface area contributed by atoms with Gasteiger partial charge in [0.1, 0.15) is 12.9 Å². The van der Waals surface area contributed by atoms with Crippen molar-refractivity contribution in [3.63, 3.8) is 0 Å². The first kappa shape index (κ1) is 16.6. The Bertz CT molecular complexity index is 673. The smallest absolute Gasteiger partial charge is 0.244 e. The third-order valence-corrected chi connectivity index (χ3v) is 4.25. The highest BCUT2D eigenvalue weighted by atomic mass is 16.5. The Balaban J connectivity index is 1.67. The summed E-state index contributed by atoms with van der Waals surface area (Å²) in [5.41, 5.74) is 0.932. The molecule has 2 atom stereocenters. The molecule has 0 radical (unpaired) electrons. The number of benzene rings is 1. The van der Waals surface area contributed by atoms with Gasteiger partial charge in [0.15, 0.2) is 5.82 Å². The van der Waals surface area contributed by atoms with Gasteiger partial charge in [-0.3, -0.25) is 4.79 Å². The number of ether oxygens (including phenoxy) is 2. The summed E-state index contributed by atoms with van der Waals surface area (Å²) < 4.78 is 12.2. The van der Waals surface area contributed by atoms with Crippen LogP contribution in [0.1, 0.15) is 6.42 Å². The topological polar surface area (TPSA) is 69.5 Å². The molecule has 2 heterocycles. The summed E-state index contributed by atoms with van der Waals surface area (Å²) in [5.74, 6) is 0.620. The molecule has 7 heteroatoms. The first-order valence-corrected chi connectivity index (χ1v) is 7.97. The lowest BCUT2D eigenvalue weighted by atomic mass is 10.2. The lowest BCUT2D eigenvalue weighted by Crippen LogP contribution is -2.40. The number of rotatable bonds is 6. The minimum absolute atomic E-state index is 0.00103. The Morgan fingerprint density at radius 1 is 1.29 bits per heavy atom. The van der Waals surface area contributed by atoms with Crippen LogP contribution in [0.15, 0.2) is 36.7 Å². The zero-order chi connectivity index (χ0) is 16.9. The van der Waals surface area contributed by atoms with Gasteiger partial charge in [-0.05, 0) is 6.42 Å². The van der Waals surface area contributed by atoms with Crippen molar-refractivity contribution >= 4 is 5.91 Å². The number of aromatic nitrogens is 3. The van der Waals surface area contributed by atoms with E-state index in [0.717, 1.165) is 12.0 Å². The van der Waals surface area contributed by atoms with Gasteiger partial charge in [-0.1, -0.05) is 30.3 Å². The molecule has 0 aliphatic carbocycles. The second-order valence-electron chi connectivity index (χ2n) is 5.88. The molecule has 1 fully saturated rings. The van der Waals surface area contributed by atoms with E-state index in [9.17, 15) is 4.79 Å². The first-order chi connectivity index (χ1) is 11.7. The van der Waals surface area contributed by atoms with Gasteiger partial charge >= 0.3 is 0 Å². The van der Waals surface area contributed by atoms with E-state index in [1.165, 1.54) is 0 Å². The second-order valence-corrected chi connectivity index (χ2v) is 5.88. The Morgan fingerprint density at radius 2 is 2.08 bits per heavy atom. The van der Waals surface area contributed by atoms with E-state index >= 15 is 0 Å². The van der Waals surface area contributed by atoms with Gasteiger partial charge in [-0.25, -0.2) is 9.67 Å². The fraction of sp³-hybridized carbons (Fsp3) is 0.471. The predicted molar refractivity (Wildman–Crippen MR) is 88.2 cm³/mol. The number of hydrogen-bond donors (Lipinski definition) is 0. The summed E-state index contributed by atoms with van der Waals surface area (Å²) >= 11 is 0. The summed E-state index contributed by atoms with van der Waals surface area (Å²) in [4.78, 5) is 18.7. The standard InChI is InChI=1S/C17H22N4O3/c1-23-11-14-8-15(24-2)9-21(14)16(22)10-20-12-18-17(19-20)13-6-4-3-5-7-13/h3-7,12,14-15H,8-11H2,1-2H3/t14-,15+/m0/s1. The number of likely N-dealkylation sites (tertiary alicyclic amines) is 1. The second kappa shape index (κ2) is 7.55. The van der Waals surface area contributed by atoms with Crippen LogP contribution in [0.5, 0.6) is 0 Å². The fourth-order valence-corrected chi connectivity index (χ4v) is 3.02. The third-order valence-electron chi connectivity index (χ3n) is 4.25. The molecule has 1 saturated heterocycles. The van der Waals surface area contributed by atoms with Crippen molar-refractivity contribution in [3.8, 4) is 11.4 Å². The van der Waals surface area contributed by atoms with E-state index in [2.05, 4.69) is 10.1 Å². The molecule has 0 saturated carbocycles. The molecule has 0 bridgehead atoms. The minimum atomic E-state index is 0.00103. The van der Waals surface area contributed by atoms with Crippen LogP contribution in [0.3, 0.4) is 0 Å². The molecule has 1 aromatic carbocycles. The van der Waals surface area contributed by atoms with Crippen LogP contribution in [0.4, 0.5) is 0 Å². The summed E-state index contributed by atoms with van der Waals surface area (Å²) in [7, 11) is 3.32. The molecular formula is C17H22N4O3. The van der Waals surface area contributed by atoms with Crippen LogP contribution in [0.2, 0.25) is 0 Å². The highest BCUT2D eigenvalue weighted by molar-refractivity contribution is 5.76. The normalized spacial score (nSPS) is 20.5. The first-order valence-electron chi connectivity index (χ1n) is 7.97. The van der Waals surface area contributed by atoms with Crippen molar-refractivity contribution in [2.45, 2.75) is 25.1 Å².